The second kappa shape index (κ2) is 8.50. The Kier molecular flexibility index (Phi) is 5.45. The van der Waals surface area contributed by atoms with Gasteiger partial charge in [-0.15, -0.1) is 0 Å². The van der Waals surface area contributed by atoms with Crippen LogP contribution in [0.15, 0.2) is 42.6 Å². The summed E-state index contributed by atoms with van der Waals surface area (Å²) in [6.07, 6.45) is 6.52. The van der Waals surface area contributed by atoms with Crippen molar-refractivity contribution in [3.63, 3.8) is 0 Å². The molecule has 0 spiro atoms. The largest absolute Gasteiger partial charge is 0.355 e. The number of rotatable bonds is 3. The Morgan fingerprint density at radius 1 is 0.971 bits per heavy atom. The standard InChI is InChI=1S/C26H26F2N5S/c1-16-3-5-20(6-4-16)25-15-33(17(2)34-25)32-13-18-7-19(14-32)12-31(11-18)26-10-29-23-8-21(27)22(28)9-24(23)30-26/h3-6,8-10,17-19H,7,11-14H2,1-2H3. The zero-order valence-corrected chi connectivity index (χ0v) is 20.0. The number of hydrazine groups is 1. The van der Waals surface area contributed by atoms with Gasteiger partial charge in [0.15, 0.2) is 11.6 Å². The van der Waals surface area contributed by atoms with Gasteiger partial charge in [0.25, 0.3) is 0 Å². The molecule has 4 heterocycles. The number of thioether (sulfide) groups is 1. The number of hydrogen-bond donors (Lipinski definition) is 0. The summed E-state index contributed by atoms with van der Waals surface area (Å²) in [6, 6.07) is 10.9. The minimum absolute atomic E-state index is 0.313. The first-order valence-corrected chi connectivity index (χ1v) is 12.6. The average Bonchev–Trinajstić information content (AvgIpc) is 3.21. The van der Waals surface area contributed by atoms with E-state index < -0.39 is 11.6 Å². The van der Waals surface area contributed by atoms with Crippen molar-refractivity contribution in [1.29, 1.82) is 0 Å². The average molecular weight is 479 g/mol. The van der Waals surface area contributed by atoms with E-state index in [1.54, 1.807) is 6.20 Å². The zero-order chi connectivity index (χ0) is 23.4. The molecule has 0 amide bonds. The second-order valence-electron chi connectivity index (χ2n) is 9.60. The van der Waals surface area contributed by atoms with Crippen molar-refractivity contribution in [2.24, 2.45) is 11.8 Å². The van der Waals surface area contributed by atoms with Crippen LogP contribution in [0, 0.1) is 36.6 Å². The first kappa shape index (κ1) is 21.8. The number of halogens is 2. The van der Waals surface area contributed by atoms with Crippen molar-refractivity contribution in [2.75, 3.05) is 31.1 Å². The van der Waals surface area contributed by atoms with Gasteiger partial charge in [0.1, 0.15) is 5.82 Å². The highest BCUT2D eigenvalue weighted by Crippen LogP contribution is 2.41. The highest BCUT2D eigenvalue weighted by atomic mass is 32.2. The molecule has 1 aromatic heterocycles. The Balaban J connectivity index is 1.18. The maximum Gasteiger partial charge on any atom is 0.161 e. The molecule has 3 aliphatic rings. The van der Waals surface area contributed by atoms with E-state index in [1.165, 1.54) is 22.5 Å². The molecule has 3 unspecified atom stereocenters. The van der Waals surface area contributed by atoms with Crippen molar-refractivity contribution >= 4 is 33.5 Å². The number of benzene rings is 2. The second-order valence-corrected chi connectivity index (χ2v) is 10.9. The molecular formula is C26H26F2N5S. The van der Waals surface area contributed by atoms with Crippen LogP contribution in [0.2, 0.25) is 0 Å². The number of nitrogens with zero attached hydrogens (tertiary/aromatic N) is 5. The summed E-state index contributed by atoms with van der Waals surface area (Å²) in [5.41, 5.74) is 3.25. The topological polar surface area (TPSA) is 35.5 Å². The summed E-state index contributed by atoms with van der Waals surface area (Å²) in [7, 11) is 0. The van der Waals surface area contributed by atoms with Crippen LogP contribution in [0.4, 0.5) is 14.6 Å². The van der Waals surface area contributed by atoms with Crippen molar-refractivity contribution < 1.29 is 8.78 Å². The molecule has 0 aliphatic carbocycles. The normalized spacial score (nSPS) is 25.2. The van der Waals surface area contributed by atoms with Gasteiger partial charge in [-0.1, -0.05) is 41.6 Å². The lowest BCUT2D eigenvalue weighted by molar-refractivity contribution is -0.0501. The highest BCUT2D eigenvalue weighted by molar-refractivity contribution is 8.09. The monoisotopic (exact) mass is 478 g/mol. The summed E-state index contributed by atoms with van der Waals surface area (Å²) in [5.74, 6) is -0.0560. The summed E-state index contributed by atoms with van der Waals surface area (Å²) in [5, 5.41) is 5.06. The molecule has 2 saturated heterocycles. The molecule has 175 valence electrons. The third-order valence-corrected chi connectivity index (χ3v) is 8.03. The van der Waals surface area contributed by atoms with E-state index in [9.17, 15) is 8.78 Å². The fraction of sp³-hybridized carbons (Fsp3) is 0.385. The van der Waals surface area contributed by atoms with Crippen LogP contribution in [0.3, 0.4) is 0 Å². The van der Waals surface area contributed by atoms with Gasteiger partial charge in [0.2, 0.25) is 0 Å². The number of anilines is 1. The molecular weight excluding hydrogens is 452 g/mol. The maximum atomic E-state index is 13.7. The van der Waals surface area contributed by atoms with Crippen LogP contribution < -0.4 is 4.90 Å². The lowest BCUT2D eigenvalue weighted by Gasteiger charge is -2.49. The van der Waals surface area contributed by atoms with Crippen LogP contribution in [-0.2, 0) is 0 Å². The Hall–Kier alpha value is -2.71. The van der Waals surface area contributed by atoms with Crippen LogP contribution in [-0.4, -0.2) is 51.5 Å². The summed E-state index contributed by atoms with van der Waals surface area (Å²) in [4.78, 5) is 12.4. The molecule has 2 aromatic carbocycles. The molecule has 0 saturated carbocycles. The lowest BCUT2D eigenvalue weighted by Crippen LogP contribution is -2.57. The van der Waals surface area contributed by atoms with E-state index >= 15 is 0 Å². The van der Waals surface area contributed by atoms with Gasteiger partial charge in [-0.3, -0.25) is 9.99 Å². The summed E-state index contributed by atoms with van der Waals surface area (Å²) in [6.45, 7) is 8.03. The molecule has 3 aromatic rings. The first-order chi connectivity index (χ1) is 16.4. The summed E-state index contributed by atoms with van der Waals surface area (Å²) < 4.78 is 27.2. The molecule has 6 rings (SSSR count). The van der Waals surface area contributed by atoms with E-state index in [2.05, 4.69) is 69.2 Å². The van der Waals surface area contributed by atoms with Gasteiger partial charge in [0, 0.05) is 43.2 Å². The number of piperidine rings is 2. The predicted octanol–water partition coefficient (Wildman–Crippen LogP) is 5.09. The number of aromatic nitrogens is 2. The van der Waals surface area contributed by atoms with E-state index in [0.29, 0.717) is 28.2 Å². The smallest absolute Gasteiger partial charge is 0.161 e. The van der Waals surface area contributed by atoms with E-state index in [-0.39, 0.29) is 0 Å². The van der Waals surface area contributed by atoms with E-state index in [1.807, 2.05) is 11.8 Å². The van der Waals surface area contributed by atoms with Crippen LogP contribution >= 0.6 is 11.8 Å². The van der Waals surface area contributed by atoms with Gasteiger partial charge in [0.05, 0.1) is 28.8 Å². The van der Waals surface area contributed by atoms with Gasteiger partial charge >= 0.3 is 0 Å². The van der Waals surface area contributed by atoms with Gasteiger partial charge in [-0.25, -0.2) is 18.8 Å². The molecule has 0 N–H and O–H groups in total. The molecule has 1 radical (unpaired) electrons. The van der Waals surface area contributed by atoms with Crippen molar-refractivity contribution in [2.45, 2.75) is 25.6 Å². The quantitative estimate of drug-likeness (QED) is 0.522. The SMILES string of the molecule is Cc1ccc(C2=[C]N(N3CC4CC(CN(c5cnc6cc(F)c(F)cc6n5)C4)C3)C(C)S2)cc1. The van der Waals surface area contributed by atoms with Gasteiger partial charge in [-0.2, -0.15) is 0 Å². The van der Waals surface area contributed by atoms with E-state index in [0.717, 1.165) is 44.1 Å². The van der Waals surface area contributed by atoms with E-state index in [4.69, 9.17) is 0 Å². The highest BCUT2D eigenvalue weighted by Gasteiger charge is 2.39. The van der Waals surface area contributed by atoms with Crippen LogP contribution in [0.25, 0.3) is 15.9 Å². The third-order valence-electron chi connectivity index (χ3n) is 6.92. The Morgan fingerprint density at radius 3 is 2.35 bits per heavy atom. The fourth-order valence-electron chi connectivity index (χ4n) is 5.35. The van der Waals surface area contributed by atoms with Crippen molar-refractivity contribution in [3.8, 4) is 0 Å². The lowest BCUT2D eigenvalue weighted by atomic mass is 9.85. The molecule has 2 bridgehead atoms. The van der Waals surface area contributed by atoms with Gasteiger partial charge in [-0.05, 0) is 37.7 Å². The summed E-state index contributed by atoms with van der Waals surface area (Å²) >= 11 is 1.86. The van der Waals surface area contributed by atoms with Gasteiger partial charge < -0.3 is 4.90 Å². The van der Waals surface area contributed by atoms with Crippen LogP contribution in [0.5, 0.6) is 0 Å². The Labute approximate surface area is 202 Å². The number of hydrogen-bond acceptors (Lipinski definition) is 6. The molecule has 8 heteroatoms. The first-order valence-electron chi connectivity index (χ1n) is 11.7. The number of fused-ring (bicyclic) bond motifs is 3. The molecule has 3 aliphatic heterocycles. The number of aryl methyl sites for hydroxylation is 1. The van der Waals surface area contributed by atoms with Crippen LogP contribution in [0.1, 0.15) is 24.5 Å². The molecule has 2 fully saturated rings. The third kappa shape index (κ3) is 4.03. The maximum absolute atomic E-state index is 13.7. The van der Waals surface area contributed by atoms with Crippen molar-refractivity contribution in [3.05, 3.63) is 71.6 Å². The fourth-order valence-corrected chi connectivity index (χ4v) is 6.39. The minimum Gasteiger partial charge on any atom is -0.355 e. The molecule has 34 heavy (non-hydrogen) atoms. The predicted molar refractivity (Wildman–Crippen MR) is 132 cm³/mol. The minimum atomic E-state index is -0.896. The molecule has 3 atom stereocenters. The van der Waals surface area contributed by atoms with Crippen molar-refractivity contribution in [1.82, 2.24) is 20.0 Å². The zero-order valence-electron chi connectivity index (χ0n) is 19.2. The molecule has 5 nitrogen and oxygen atoms in total. The Bertz CT molecular complexity index is 1250. The Morgan fingerprint density at radius 2 is 1.65 bits per heavy atom.